The number of fused-ring (bicyclic) bond motifs is 1. The van der Waals surface area contributed by atoms with Crippen molar-refractivity contribution in [1.82, 2.24) is 5.32 Å². The largest absolute Gasteiger partial charge is 0.368 e. The fourth-order valence-electron chi connectivity index (χ4n) is 2.48. The van der Waals surface area contributed by atoms with Crippen LogP contribution in [0.4, 0.5) is 0 Å². The van der Waals surface area contributed by atoms with E-state index in [0.29, 0.717) is 5.92 Å². The van der Waals surface area contributed by atoms with Crippen LogP contribution in [-0.2, 0) is 11.2 Å². The average molecular weight is 232 g/mol. The lowest BCUT2D eigenvalue weighted by Crippen LogP contribution is -2.47. The smallest absolute Gasteiger partial charge is 0.234 e. The van der Waals surface area contributed by atoms with Crippen molar-refractivity contribution in [3.05, 3.63) is 35.4 Å². The quantitative estimate of drug-likeness (QED) is 0.807. The van der Waals surface area contributed by atoms with Gasteiger partial charge in [0.25, 0.3) is 0 Å². The Bertz CT molecular complexity index is 414. The van der Waals surface area contributed by atoms with E-state index >= 15 is 0 Å². The minimum absolute atomic E-state index is 0.220. The number of nitrogens with two attached hydrogens (primary N) is 1. The second kappa shape index (κ2) is 4.88. The zero-order valence-electron chi connectivity index (χ0n) is 10.4. The molecule has 1 aromatic carbocycles. The molecule has 0 spiro atoms. The van der Waals surface area contributed by atoms with Gasteiger partial charge in [0.15, 0.2) is 0 Å². The molecule has 1 amide bonds. The first-order valence-corrected chi connectivity index (χ1v) is 6.20. The van der Waals surface area contributed by atoms with Crippen molar-refractivity contribution in [2.45, 2.75) is 32.2 Å². The zero-order chi connectivity index (χ0) is 12.4. The van der Waals surface area contributed by atoms with Gasteiger partial charge in [-0.05, 0) is 23.5 Å². The van der Waals surface area contributed by atoms with E-state index in [1.807, 2.05) is 13.8 Å². The first-order chi connectivity index (χ1) is 8.09. The highest BCUT2D eigenvalue weighted by Gasteiger charge is 2.27. The highest BCUT2D eigenvalue weighted by Crippen LogP contribution is 2.34. The van der Waals surface area contributed by atoms with Gasteiger partial charge in [0.2, 0.25) is 5.91 Å². The van der Waals surface area contributed by atoms with Gasteiger partial charge in [-0.15, -0.1) is 0 Å². The molecule has 1 aliphatic rings. The van der Waals surface area contributed by atoms with Crippen molar-refractivity contribution >= 4 is 5.91 Å². The number of carbonyl (C=O) groups is 1. The Kier molecular flexibility index (Phi) is 3.48. The molecule has 0 aromatic heterocycles. The van der Waals surface area contributed by atoms with E-state index in [2.05, 4.69) is 29.6 Å². The molecule has 2 unspecified atom stereocenters. The number of primary amides is 1. The van der Waals surface area contributed by atoms with Gasteiger partial charge in [-0.3, -0.25) is 4.79 Å². The van der Waals surface area contributed by atoms with Gasteiger partial charge < -0.3 is 11.1 Å². The van der Waals surface area contributed by atoms with Crippen LogP contribution < -0.4 is 11.1 Å². The van der Waals surface area contributed by atoms with Crippen LogP contribution >= 0.6 is 0 Å². The van der Waals surface area contributed by atoms with Gasteiger partial charge in [-0.2, -0.15) is 0 Å². The molecule has 2 atom stereocenters. The van der Waals surface area contributed by atoms with E-state index in [9.17, 15) is 4.79 Å². The summed E-state index contributed by atoms with van der Waals surface area (Å²) in [4.78, 5) is 11.3. The maximum Gasteiger partial charge on any atom is 0.234 e. The minimum Gasteiger partial charge on any atom is -0.368 e. The van der Waals surface area contributed by atoms with Crippen LogP contribution in [0.5, 0.6) is 0 Å². The molecule has 0 saturated carbocycles. The molecule has 0 heterocycles. The normalized spacial score (nSPS) is 19.6. The maximum absolute atomic E-state index is 11.3. The molecule has 92 valence electrons. The number of amides is 1. The molecule has 0 aliphatic heterocycles. The predicted octanol–water partition coefficient (Wildman–Crippen LogP) is 1.43. The van der Waals surface area contributed by atoms with Crippen LogP contribution in [0.3, 0.4) is 0 Å². The lowest BCUT2D eigenvalue weighted by Gasteiger charge is -2.32. The van der Waals surface area contributed by atoms with Gasteiger partial charge >= 0.3 is 0 Å². The summed E-state index contributed by atoms with van der Waals surface area (Å²) in [7, 11) is 0. The summed E-state index contributed by atoms with van der Waals surface area (Å²) < 4.78 is 0. The monoisotopic (exact) mass is 232 g/mol. The average Bonchev–Trinajstić information content (AvgIpc) is 2.23. The number of carbonyl (C=O) groups excluding carboxylic acids is 1. The Balaban J connectivity index is 1.90. The Hall–Kier alpha value is -1.35. The Morgan fingerprint density at radius 2 is 2.18 bits per heavy atom. The molecule has 3 N–H and O–H groups in total. The first-order valence-electron chi connectivity index (χ1n) is 6.20. The van der Waals surface area contributed by atoms with Gasteiger partial charge in [0, 0.05) is 12.5 Å². The topological polar surface area (TPSA) is 55.1 Å². The Morgan fingerprint density at radius 1 is 1.47 bits per heavy atom. The third kappa shape index (κ3) is 2.50. The summed E-state index contributed by atoms with van der Waals surface area (Å²) in [5.41, 5.74) is 8.22. The summed E-state index contributed by atoms with van der Waals surface area (Å²) in [5.74, 6) is 0.516. The number of hydrogen-bond donors (Lipinski definition) is 2. The van der Waals surface area contributed by atoms with Gasteiger partial charge in [0.05, 0.1) is 6.04 Å². The molecule has 0 radical (unpaired) electrons. The zero-order valence-corrected chi connectivity index (χ0v) is 10.4. The van der Waals surface area contributed by atoms with E-state index < -0.39 is 0 Å². The highest BCUT2D eigenvalue weighted by molar-refractivity contribution is 5.80. The van der Waals surface area contributed by atoms with Crippen molar-refractivity contribution in [3.63, 3.8) is 0 Å². The van der Waals surface area contributed by atoms with Crippen molar-refractivity contribution in [1.29, 1.82) is 0 Å². The summed E-state index contributed by atoms with van der Waals surface area (Å²) in [6.45, 7) is 4.86. The van der Waals surface area contributed by atoms with E-state index in [1.165, 1.54) is 11.1 Å². The molecule has 2 rings (SSSR count). The molecule has 3 nitrogen and oxygen atoms in total. The van der Waals surface area contributed by atoms with E-state index in [1.54, 1.807) is 0 Å². The summed E-state index contributed by atoms with van der Waals surface area (Å²) in [6.07, 6.45) is 1.10. The third-order valence-corrected chi connectivity index (χ3v) is 3.52. The van der Waals surface area contributed by atoms with Crippen molar-refractivity contribution < 1.29 is 4.79 Å². The minimum atomic E-state index is -0.257. The van der Waals surface area contributed by atoms with Crippen molar-refractivity contribution in [2.75, 3.05) is 6.54 Å². The maximum atomic E-state index is 11.3. The lowest BCUT2D eigenvalue weighted by molar-refractivity contribution is -0.121. The fraction of sp³-hybridized carbons (Fsp3) is 0.500. The van der Waals surface area contributed by atoms with Gasteiger partial charge in [-0.25, -0.2) is 0 Å². The Morgan fingerprint density at radius 3 is 2.76 bits per heavy atom. The standard InChI is InChI=1S/C14H20N2O/c1-9(2)13(14(15)17)16-8-11-7-10-5-3-4-6-12(10)11/h3-6,9,11,13,16H,7-8H2,1-2H3,(H2,15,17). The van der Waals surface area contributed by atoms with Crippen LogP contribution in [0, 0.1) is 5.92 Å². The lowest BCUT2D eigenvalue weighted by atomic mass is 9.77. The number of nitrogens with one attached hydrogen (secondary N) is 1. The molecule has 1 aromatic rings. The Labute approximate surface area is 102 Å². The van der Waals surface area contributed by atoms with Crippen LogP contribution in [0.15, 0.2) is 24.3 Å². The van der Waals surface area contributed by atoms with Crippen molar-refractivity contribution in [3.8, 4) is 0 Å². The summed E-state index contributed by atoms with van der Waals surface area (Å²) in [5, 5.41) is 3.29. The summed E-state index contributed by atoms with van der Waals surface area (Å²) in [6, 6.07) is 8.25. The van der Waals surface area contributed by atoms with Crippen LogP contribution in [-0.4, -0.2) is 18.5 Å². The third-order valence-electron chi connectivity index (χ3n) is 3.52. The first kappa shape index (κ1) is 12.1. The highest BCUT2D eigenvalue weighted by atomic mass is 16.1. The van der Waals surface area contributed by atoms with Crippen LogP contribution in [0.1, 0.15) is 30.9 Å². The van der Waals surface area contributed by atoms with Crippen LogP contribution in [0.25, 0.3) is 0 Å². The number of hydrogen-bond acceptors (Lipinski definition) is 2. The van der Waals surface area contributed by atoms with Crippen molar-refractivity contribution in [2.24, 2.45) is 11.7 Å². The van der Waals surface area contributed by atoms with E-state index in [4.69, 9.17) is 5.73 Å². The summed E-state index contributed by atoms with van der Waals surface area (Å²) >= 11 is 0. The molecule has 0 fully saturated rings. The second-order valence-electron chi connectivity index (χ2n) is 5.13. The molecule has 3 heteroatoms. The van der Waals surface area contributed by atoms with E-state index in [0.717, 1.165) is 13.0 Å². The number of benzene rings is 1. The molecular formula is C14H20N2O. The number of rotatable bonds is 5. The molecule has 17 heavy (non-hydrogen) atoms. The van der Waals surface area contributed by atoms with E-state index in [-0.39, 0.29) is 17.9 Å². The SMILES string of the molecule is CC(C)C(NCC1Cc2ccccc21)C(N)=O. The second-order valence-corrected chi connectivity index (χ2v) is 5.13. The molecule has 1 aliphatic carbocycles. The van der Waals surface area contributed by atoms with Crippen LogP contribution in [0.2, 0.25) is 0 Å². The molecule has 0 saturated heterocycles. The molecule has 0 bridgehead atoms. The fourth-order valence-corrected chi connectivity index (χ4v) is 2.48. The van der Waals surface area contributed by atoms with Gasteiger partial charge in [-0.1, -0.05) is 38.1 Å². The molecular weight excluding hydrogens is 212 g/mol. The predicted molar refractivity (Wildman–Crippen MR) is 68.7 cm³/mol. The van der Waals surface area contributed by atoms with Gasteiger partial charge in [0.1, 0.15) is 0 Å².